The van der Waals surface area contributed by atoms with E-state index in [2.05, 4.69) is 161 Å². The Kier molecular flexibility index (Phi) is 6.65. The molecule has 0 aromatic heterocycles. The third kappa shape index (κ3) is 4.72. The average Bonchev–Trinajstić information content (AvgIpc) is 3.02. The summed E-state index contributed by atoms with van der Waals surface area (Å²) in [5.41, 5.74) is 23.4. The van der Waals surface area contributed by atoms with E-state index in [0.29, 0.717) is 0 Å². The maximum absolute atomic E-state index is 2.45. The zero-order valence-electron chi connectivity index (χ0n) is 27.7. The van der Waals surface area contributed by atoms with Crippen molar-refractivity contribution >= 4 is 34.1 Å². The van der Waals surface area contributed by atoms with Crippen molar-refractivity contribution < 1.29 is 0 Å². The van der Waals surface area contributed by atoms with E-state index in [4.69, 9.17) is 0 Å². The number of rotatable bonds is 3. The van der Waals surface area contributed by atoms with Crippen LogP contribution in [0, 0.1) is 41.5 Å². The van der Waals surface area contributed by atoms with Crippen LogP contribution in [0.4, 0.5) is 34.1 Å². The van der Waals surface area contributed by atoms with Crippen molar-refractivity contribution in [2.45, 2.75) is 54.4 Å². The highest BCUT2D eigenvalue weighted by molar-refractivity contribution is 5.88. The van der Waals surface area contributed by atoms with Gasteiger partial charge in [0.1, 0.15) is 0 Å². The van der Waals surface area contributed by atoms with Gasteiger partial charge in [-0.15, -0.1) is 0 Å². The first-order valence-electron chi connectivity index (χ1n) is 16.4. The van der Waals surface area contributed by atoms with Crippen LogP contribution >= 0.6 is 0 Å². The molecule has 6 aromatic rings. The van der Waals surface area contributed by atoms with E-state index in [1.807, 2.05) is 0 Å². The molecule has 0 radical (unpaired) electrons. The summed E-state index contributed by atoms with van der Waals surface area (Å²) < 4.78 is 0. The van der Waals surface area contributed by atoms with Crippen molar-refractivity contribution in [1.82, 2.24) is 0 Å². The van der Waals surface area contributed by atoms with Crippen LogP contribution in [0.15, 0.2) is 109 Å². The van der Waals surface area contributed by atoms with Crippen LogP contribution in [0.3, 0.4) is 0 Å². The molecule has 0 saturated heterocycles. The molecule has 0 atom stereocenters. The first-order valence-corrected chi connectivity index (χ1v) is 16.4. The van der Waals surface area contributed by atoms with Crippen LogP contribution in [0.25, 0.3) is 11.1 Å². The topological polar surface area (TPSA) is 6.48 Å². The Hall–Kier alpha value is -5.08. The summed E-state index contributed by atoms with van der Waals surface area (Å²) >= 11 is 0. The molecule has 2 heteroatoms. The average molecular weight is 597 g/mol. The number of anilines is 6. The van der Waals surface area contributed by atoms with Gasteiger partial charge in [0, 0.05) is 47.0 Å². The third-order valence-corrected chi connectivity index (χ3v) is 9.89. The SMILES string of the molecule is Cc1ccc2c(c1)Cc1cc(C)ccc1N2c1ccc(-c2ccc(N3c4ccc(C)cc4Cc4cc(C)ccc43)cc2C)c(C)c1. The van der Waals surface area contributed by atoms with Gasteiger partial charge in [-0.1, -0.05) is 82.9 Å². The molecule has 46 heavy (non-hydrogen) atoms. The normalized spacial score (nSPS) is 13.2. The van der Waals surface area contributed by atoms with E-state index in [1.165, 1.54) is 101 Å². The number of benzene rings is 6. The standard InChI is InChI=1S/C44H40N2/c1-27-7-15-41-33(19-27)25-34-20-28(2)8-16-42(34)45(41)37-11-13-39(31(5)23-37)40-14-12-38(24-32(40)6)46-43-17-9-29(3)21-35(43)26-36-22-30(4)10-18-44(36)46/h7-24H,25-26H2,1-6H3. The van der Waals surface area contributed by atoms with E-state index >= 15 is 0 Å². The van der Waals surface area contributed by atoms with Gasteiger partial charge in [-0.25, -0.2) is 0 Å². The molecule has 0 saturated carbocycles. The zero-order valence-corrected chi connectivity index (χ0v) is 27.7. The Morgan fingerprint density at radius 1 is 0.348 bits per heavy atom. The molecule has 2 aliphatic heterocycles. The molecule has 0 bridgehead atoms. The van der Waals surface area contributed by atoms with E-state index < -0.39 is 0 Å². The van der Waals surface area contributed by atoms with Crippen molar-refractivity contribution in [3.05, 3.63) is 165 Å². The van der Waals surface area contributed by atoms with Crippen LogP contribution < -0.4 is 9.80 Å². The second-order valence-corrected chi connectivity index (χ2v) is 13.6. The lowest BCUT2D eigenvalue weighted by molar-refractivity contribution is 1.07. The van der Waals surface area contributed by atoms with Gasteiger partial charge in [0.15, 0.2) is 0 Å². The number of fused-ring (bicyclic) bond motifs is 4. The van der Waals surface area contributed by atoms with Crippen molar-refractivity contribution in [2.24, 2.45) is 0 Å². The summed E-state index contributed by atoms with van der Waals surface area (Å²) in [7, 11) is 0. The maximum Gasteiger partial charge on any atom is 0.0497 e. The highest BCUT2D eigenvalue weighted by Gasteiger charge is 2.26. The first-order chi connectivity index (χ1) is 22.2. The third-order valence-electron chi connectivity index (χ3n) is 9.89. The van der Waals surface area contributed by atoms with E-state index in [9.17, 15) is 0 Å². The Balaban J connectivity index is 1.19. The van der Waals surface area contributed by atoms with E-state index in [-0.39, 0.29) is 0 Å². The molecule has 0 spiro atoms. The molecule has 2 aliphatic rings. The second-order valence-electron chi connectivity index (χ2n) is 13.6. The van der Waals surface area contributed by atoms with Gasteiger partial charge < -0.3 is 9.80 Å². The number of hydrogen-bond donors (Lipinski definition) is 0. The van der Waals surface area contributed by atoms with Gasteiger partial charge in [-0.3, -0.25) is 0 Å². The van der Waals surface area contributed by atoms with Gasteiger partial charge in [-0.05, 0) is 135 Å². The van der Waals surface area contributed by atoms with Crippen molar-refractivity contribution in [1.29, 1.82) is 0 Å². The second kappa shape index (κ2) is 10.8. The highest BCUT2D eigenvalue weighted by Crippen LogP contribution is 2.47. The molecule has 2 nitrogen and oxygen atoms in total. The van der Waals surface area contributed by atoms with E-state index in [1.54, 1.807) is 0 Å². The molecule has 0 amide bonds. The number of hydrogen-bond acceptors (Lipinski definition) is 2. The summed E-state index contributed by atoms with van der Waals surface area (Å²) in [4.78, 5) is 4.91. The van der Waals surface area contributed by atoms with Crippen LogP contribution in [-0.4, -0.2) is 0 Å². The van der Waals surface area contributed by atoms with Crippen molar-refractivity contribution in [3.8, 4) is 11.1 Å². The summed E-state index contributed by atoms with van der Waals surface area (Å²) in [5, 5.41) is 0. The summed E-state index contributed by atoms with van der Waals surface area (Å²) in [5.74, 6) is 0. The number of nitrogens with zero attached hydrogens (tertiary/aromatic N) is 2. The molecule has 0 fully saturated rings. The Morgan fingerprint density at radius 3 is 0.935 bits per heavy atom. The van der Waals surface area contributed by atoms with Crippen LogP contribution in [-0.2, 0) is 12.8 Å². The highest BCUT2D eigenvalue weighted by atomic mass is 15.2. The monoisotopic (exact) mass is 596 g/mol. The smallest absolute Gasteiger partial charge is 0.0497 e. The maximum atomic E-state index is 2.45. The molecular weight excluding hydrogens is 556 g/mol. The lowest BCUT2D eigenvalue weighted by Gasteiger charge is -2.35. The molecule has 0 unspecified atom stereocenters. The van der Waals surface area contributed by atoms with Gasteiger partial charge in [-0.2, -0.15) is 0 Å². The van der Waals surface area contributed by atoms with Gasteiger partial charge in [0.25, 0.3) is 0 Å². The fourth-order valence-electron chi connectivity index (χ4n) is 7.70. The Morgan fingerprint density at radius 2 is 0.652 bits per heavy atom. The molecular formula is C44H40N2. The lowest BCUT2D eigenvalue weighted by atomic mass is 9.91. The fraction of sp³-hybridized carbons (Fsp3) is 0.182. The van der Waals surface area contributed by atoms with Gasteiger partial charge in [0.05, 0.1) is 0 Å². The molecule has 226 valence electrons. The number of aryl methyl sites for hydroxylation is 6. The van der Waals surface area contributed by atoms with Crippen molar-refractivity contribution in [2.75, 3.05) is 9.80 Å². The van der Waals surface area contributed by atoms with Gasteiger partial charge in [0.2, 0.25) is 0 Å². The molecule has 0 aliphatic carbocycles. The largest absolute Gasteiger partial charge is 0.310 e. The minimum absolute atomic E-state index is 0.971. The van der Waals surface area contributed by atoms with Crippen LogP contribution in [0.5, 0.6) is 0 Å². The van der Waals surface area contributed by atoms with Crippen LogP contribution in [0.2, 0.25) is 0 Å². The minimum atomic E-state index is 0.971. The van der Waals surface area contributed by atoms with Gasteiger partial charge >= 0.3 is 0 Å². The molecule has 0 N–H and O–H groups in total. The predicted octanol–water partition coefficient (Wildman–Crippen LogP) is 12.0. The molecule has 6 aromatic carbocycles. The first kappa shape index (κ1) is 28.4. The fourth-order valence-corrected chi connectivity index (χ4v) is 7.70. The summed E-state index contributed by atoms with van der Waals surface area (Å²) in [6.45, 7) is 13.3. The summed E-state index contributed by atoms with van der Waals surface area (Å²) in [6.07, 6.45) is 1.94. The summed E-state index contributed by atoms with van der Waals surface area (Å²) in [6, 6.07) is 41.5. The lowest BCUT2D eigenvalue weighted by Crippen LogP contribution is -2.19. The zero-order chi connectivity index (χ0) is 31.7. The predicted molar refractivity (Wildman–Crippen MR) is 195 cm³/mol. The Bertz CT molecular complexity index is 1930. The van der Waals surface area contributed by atoms with E-state index in [0.717, 1.165) is 12.8 Å². The quantitative estimate of drug-likeness (QED) is 0.200. The Labute approximate surface area is 273 Å². The molecule has 8 rings (SSSR count). The van der Waals surface area contributed by atoms with Crippen molar-refractivity contribution in [3.63, 3.8) is 0 Å². The molecule has 2 heterocycles. The van der Waals surface area contributed by atoms with Crippen LogP contribution in [0.1, 0.15) is 55.6 Å². The minimum Gasteiger partial charge on any atom is -0.310 e.